The molecule has 0 saturated heterocycles. The molecule has 20 heavy (non-hydrogen) atoms. The van der Waals surface area contributed by atoms with E-state index in [9.17, 15) is 9.59 Å². The molecule has 0 aromatic carbocycles. The summed E-state index contributed by atoms with van der Waals surface area (Å²) in [7, 11) is 1.75. The molecule has 0 radical (unpaired) electrons. The number of amides is 1. The van der Waals surface area contributed by atoms with E-state index in [1.807, 2.05) is 6.92 Å². The van der Waals surface area contributed by atoms with E-state index in [0.717, 1.165) is 44.9 Å². The summed E-state index contributed by atoms with van der Waals surface area (Å²) in [5.74, 6) is -0.849. The first-order valence-corrected chi connectivity index (χ1v) is 7.65. The summed E-state index contributed by atoms with van der Waals surface area (Å²) in [6.07, 6.45) is 6.81. The molecule has 1 amide bonds. The van der Waals surface area contributed by atoms with Crippen molar-refractivity contribution in [2.45, 2.75) is 76.3 Å². The Morgan fingerprint density at radius 1 is 1.30 bits per heavy atom. The van der Waals surface area contributed by atoms with Crippen molar-refractivity contribution in [3.05, 3.63) is 0 Å². The third-order valence-electron chi connectivity index (χ3n) is 4.45. The van der Waals surface area contributed by atoms with Crippen molar-refractivity contribution < 1.29 is 14.7 Å². The minimum absolute atomic E-state index is 0.0194. The van der Waals surface area contributed by atoms with Crippen molar-refractivity contribution in [3.8, 4) is 0 Å². The Balaban J connectivity index is 2.74. The molecule has 1 saturated carbocycles. The van der Waals surface area contributed by atoms with Gasteiger partial charge in [-0.1, -0.05) is 32.6 Å². The van der Waals surface area contributed by atoms with E-state index in [-0.39, 0.29) is 18.4 Å². The number of nitrogens with two attached hydrogens (primary N) is 1. The molecule has 1 atom stereocenters. The molecule has 0 spiro atoms. The number of carbonyl (C=O) groups is 2. The van der Waals surface area contributed by atoms with Gasteiger partial charge in [0.15, 0.2) is 0 Å². The smallest absolute Gasteiger partial charge is 0.305 e. The van der Waals surface area contributed by atoms with Crippen molar-refractivity contribution >= 4 is 11.9 Å². The van der Waals surface area contributed by atoms with E-state index in [1.54, 1.807) is 11.9 Å². The third kappa shape index (κ3) is 4.47. The summed E-state index contributed by atoms with van der Waals surface area (Å²) in [4.78, 5) is 25.2. The number of hydrogen-bond acceptors (Lipinski definition) is 3. The summed E-state index contributed by atoms with van der Waals surface area (Å²) < 4.78 is 0. The van der Waals surface area contributed by atoms with Crippen molar-refractivity contribution in [3.63, 3.8) is 0 Å². The summed E-state index contributed by atoms with van der Waals surface area (Å²) in [5.41, 5.74) is 5.43. The molecular weight excluding hydrogens is 256 g/mol. The fourth-order valence-corrected chi connectivity index (χ4v) is 3.22. The van der Waals surface area contributed by atoms with Crippen LogP contribution in [0.5, 0.6) is 0 Å². The first kappa shape index (κ1) is 17.0. The van der Waals surface area contributed by atoms with Crippen molar-refractivity contribution in [2.75, 3.05) is 7.05 Å². The molecule has 3 N–H and O–H groups in total. The molecule has 1 fully saturated rings. The maximum absolute atomic E-state index is 12.4. The van der Waals surface area contributed by atoms with Gasteiger partial charge in [-0.3, -0.25) is 9.59 Å². The van der Waals surface area contributed by atoms with Crippen molar-refractivity contribution in [1.29, 1.82) is 0 Å². The van der Waals surface area contributed by atoms with E-state index < -0.39 is 11.5 Å². The number of carboxylic acids is 1. The van der Waals surface area contributed by atoms with Gasteiger partial charge < -0.3 is 15.7 Å². The second-order valence-corrected chi connectivity index (χ2v) is 6.06. The maximum Gasteiger partial charge on any atom is 0.305 e. The van der Waals surface area contributed by atoms with E-state index >= 15 is 0 Å². The molecule has 1 rings (SSSR count). The zero-order chi connectivity index (χ0) is 15.2. The quantitative estimate of drug-likeness (QED) is 0.750. The lowest BCUT2D eigenvalue weighted by atomic mass is 9.78. The van der Waals surface area contributed by atoms with Crippen LogP contribution in [-0.2, 0) is 9.59 Å². The number of carboxylic acid groups (broad SMARTS) is 1. The fraction of sp³-hybridized carbons (Fsp3) is 0.867. The molecule has 0 aromatic rings. The molecule has 0 aromatic heterocycles. The Labute approximate surface area is 121 Å². The average Bonchev–Trinajstić information content (AvgIpc) is 2.38. The maximum atomic E-state index is 12.4. The van der Waals surface area contributed by atoms with Gasteiger partial charge >= 0.3 is 5.97 Å². The molecule has 1 aliphatic carbocycles. The lowest BCUT2D eigenvalue weighted by Gasteiger charge is -2.44. The fourth-order valence-electron chi connectivity index (χ4n) is 3.22. The molecule has 0 aliphatic heterocycles. The zero-order valence-corrected chi connectivity index (χ0v) is 12.7. The Kier molecular flexibility index (Phi) is 6.46. The highest BCUT2D eigenvalue weighted by molar-refractivity contribution is 5.78. The van der Waals surface area contributed by atoms with Crippen LogP contribution in [0.15, 0.2) is 0 Å². The van der Waals surface area contributed by atoms with E-state index in [1.165, 1.54) is 0 Å². The Morgan fingerprint density at radius 3 is 2.40 bits per heavy atom. The standard InChI is InChI=1S/C15H28N2O3/c1-3-7-12(16)10-13(18)17(2)15(11-14(19)20)8-5-4-6-9-15/h12H,3-11,16H2,1-2H3,(H,19,20). The summed E-state index contributed by atoms with van der Waals surface area (Å²) >= 11 is 0. The topological polar surface area (TPSA) is 83.6 Å². The second kappa shape index (κ2) is 7.62. The van der Waals surface area contributed by atoms with Crippen LogP contribution in [0.1, 0.15) is 64.7 Å². The lowest BCUT2D eigenvalue weighted by molar-refractivity contribution is -0.146. The van der Waals surface area contributed by atoms with Crippen LogP contribution in [0.3, 0.4) is 0 Å². The second-order valence-electron chi connectivity index (χ2n) is 6.06. The summed E-state index contributed by atoms with van der Waals surface area (Å²) in [5, 5.41) is 9.17. The number of carbonyl (C=O) groups excluding carboxylic acids is 1. The van der Waals surface area contributed by atoms with Crippen molar-refractivity contribution in [2.24, 2.45) is 5.73 Å². The highest BCUT2D eigenvalue weighted by atomic mass is 16.4. The molecule has 5 heteroatoms. The molecule has 1 unspecified atom stereocenters. The Morgan fingerprint density at radius 2 is 1.90 bits per heavy atom. The number of hydrogen-bond donors (Lipinski definition) is 2. The van der Waals surface area contributed by atoms with Crippen LogP contribution >= 0.6 is 0 Å². The molecule has 0 bridgehead atoms. The molecule has 1 aliphatic rings. The molecule has 116 valence electrons. The third-order valence-corrected chi connectivity index (χ3v) is 4.45. The number of rotatable bonds is 7. The lowest BCUT2D eigenvalue weighted by Crippen LogP contribution is -2.53. The SMILES string of the molecule is CCCC(N)CC(=O)N(C)C1(CC(=O)O)CCCCC1. The normalized spacial score (nSPS) is 19.4. The van der Waals surface area contributed by atoms with Crippen LogP contribution in [0.4, 0.5) is 0 Å². The minimum Gasteiger partial charge on any atom is -0.481 e. The largest absolute Gasteiger partial charge is 0.481 e. The van der Waals surface area contributed by atoms with E-state index in [4.69, 9.17) is 10.8 Å². The van der Waals surface area contributed by atoms with Gasteiger partial charge in [0.2, 0.25) is 5.91 Å². The minimum atomic E-state index is -0.829. The first-order chi connectivity index (χ1) is 9.41. The van der Waals surface area contributed by atoms with Crippen molar-refractivity contribution in [1.82, 2.24) is 4.90 Å². The van der Waals surface area contributed by atoms with E-state index in [0.29, 0.717) is 6.42 Å². The van der Waals surface area contributed by atoms with Crippen LogP contribution in [-0.4, -0.2) is 40.5 Å². The van der Waals surface area contributed by atoms with E-state index in [2.05, 4.69) is 0 Å². The van der Waals surface area contributed by atoms with Crippen LogP contribution in [0.25, 0.3) is 0 Å². The summed E-state index contributed by atoms with van der Waals surface area (Å²) in [6, 6.07) is -0.125. The van der Waals surface area contributed by atoms with Crippen LogP contribution < -0.4 is 5.73 Å². The highest BCUT2D eigenvalue weighted by Crippen LogP contribution is 2.36. The van der Waals surface area contributed by atoms with Gasteiger partial charge in [0.05, 0.1) is 12.0 Å². The highest BCUT2D eigenvalue weighted by Gasteiger charge is 2.40. The predicted octanol–water partition coefficient (Wildman–Crippen LogP) is 2.14. The molecular formula is C15H28N2O3. The van der Waals surface area contributed by atoms with Gasteiger partial charge in [0.25, 0.3) is 0 Å². The van der Waals surface area contributed by atoms with Crippen LogP contribution in [0, 0.1) is 0 Å². The predicted molar refractivity (Wildman–Crippen MR) is 78.3 cm³/mol. The molecule has 5 nitrogen and oxygen atoms in total. The monoisotopic (exact) mass is 284 g/mol. The zero-order valence-electron chi connectivity index (χ0n) is 12.7. The number of aliphatic carboxylic acids is 1. The number of nitrogens with zero attached hydrogens (tertiary/aromatic N) is 1. The average molecular weight is 284 g/mol. The Hall–Kier alpha value is -1.10. The Bertz CT molecular complexity index is 338. The first-order valence-electron chi connectivity index (χ1n) is 7.65. The molecule has 0 heterocycles. The van der Waals surface area contributed by atoms with Gasteiger partial charge in [-0.2, -0.15) is 0 Å². The summed E-state index contributed by atoms with van der Waals surface area (Å²) in [6.45, 7) is 2.04. The van der Waals surface area contributed by atoms with Gasteiger partial charge in [0, 0.05) is 19.5 Å². The van der Waals surface area contributed by atoms with Gasteiger partial charge in [-0.15, -0.1) is 0 Å². The van der Waals surface area contributed by atoms with Gasteiger partial charge in [-0.25, -0.2) is 0 Å². The van der Waals surface area contributed by atoms with Crippen LogP contribution in [0.2, 0.25) is 0 Å². The van der Waals surface area contributed by atoms with Gasteiger partial charge in [0.1, 0.15) is 0 Å². The van der Waals surface area contributed by atoms with Gasteiger partial charge in [-0.05, 0) is 19.3 Å².